The molecule has 0 saturated carbocycles. The first kappa shape index (κ1) is 11.3. The Morgan fingerprint density at radius 2 is 2.29 bits per heavy atom. The number of aliphatic hydroxyl groups excluding tert-OH is 1. The Morgan fingerprint density at radius 1 is 1.50 bits per heavy atom. The molecule has 14 heavy (non-hydrogen) atoms. The van der Waals surface area contributed by atoms with Gasteiger partial charge in [-0.25, -0.2) is 0 Å². The molecule has 0 aliphatic carbocycles. The summed E-state index contributed by atoms with van der Waals surface area (Å²) in [6.45, 7) is 2.56. The summed E-state index contributed by atoms with van der Waals surface area (Å²) in [5.74, 6) is 0.792. The van der Waals surface area contributed by atoms with Crippen LogP contribution in [-0.4, -0.2) is 11.7 Å². The van der Waals surface area contributed by atoms with Crippen molar-refractivity contribution in [2.45, 2.75) is 13.5 Å². The van der Waals surface area contributed by atoms with Crippen LogP contribution >= 0.6 is 15.9 Å². The second-order valence-electron chi connectivity index (χ2n) is 2.80. The average Bonchev–Trinajstić information content (AvgIpc) is 2.20. The minimum atomic E-state index is 0.0493. The number of hydrogen-bond acceptors (Lipinski definition) is 2. The van der Waals surface area contributed by atoms with E-state index in [1.165, 1.54) is 0 Å². The number of hydrogen-bond donors (Lipinski definition) is 1. The topological polar surface area (TPSA) is 29.5 Å². The largest absolute Gasteiger partial charge is 0.488 e. The van der Waals surface area contributed by atoms with Gasteiger partial charge in [0.1, 0.15) is 12.4 Å². The van der Waals surface area contributed by atoms with E-state index in [9.17, 15) is 0 Å². The Bertz CT molecular complexity index is 321. The fourth-order valence-electron chi connectivity index (χ4n) is 0.994. The molecule has 0 aliphatic heterocycles. The molecule has 0 fully saturated rings. The van der Waals surface area contributed by atoms with Crippen LogP contribution in [0.5, 0.6) is 5.75 Å². The minimum absolute atomic E-state index is 0.0493. The van der Waals surface area contributed by atoms with Crippen LogP contribution in [0.15, 0.2) is 34.8 Å². The molecule has 0 saturated heterocycles. The van der Waals surface area contributed by atoms with Gasteiger partial charge in [-0.15, -0.1) is 0 Å². The standard InChI is InChI=1S/C11H13BrO2/c1-2-3-6-14-11-5-4-9(8-13)7-10(11)12/h2-5,7,13H,6,8H2,1H3. The van der Waals surface area contributed by atoms with E-state index in [0.717, 1.165) is 15.8 Å². The lowest BCUT2D eigenvalue weighted by Crippen LogP contribution is -1.94. The third-order valence-corrected chi connectivity index (χ3v) is 2.37. The van der Waals surface area contributed by atoms with Crippen molar-refractivity contribution in [3.05, 3.63) is 40.4 Å². The zero-order valence-electron chi connectivity index (χ0n) is 8.03. The summed E-state index contributed by atoms with van der Waals surface area (Å²) < 4.78 is 6.33. The van der Waals surface area contributed by atoms with Gasteiger partial charge in [-0.3, -0.25) is 0 Å². The highest BCUT2D eigenvalue weighted by molar-refractivity contribution is 9.10. The van der Waals surface area contributed by atoms with E-state index in [-0.39, 0.29) is 6.61 Å². The van der Waals surface area contributed by atoms with Crippen molar-refractivity contribution in [1.29, 1.82) is 0 Å². The van der Waals surface area contributed by atoms with Gasteiger partial charge >= 0.3 is 0 Å². The van der Waals surface area contributed by atoms with E-state index in [1.807, 2.05) is 37.3 Å². The van der Waals surface area contributed by atoms with Crippen LogP contribution in [0.2, 0.25) is 0 Å². The average molecular weight is 257 g/mol. The Kier molecular flexibility index (Phi) is 4.70. The zero-order valence-corrected chi connectivity index (χ0v) is 9.62. The maximum absolute atomic E-state index is 8.89. The molecule has 0 atom stereocenters. The maximum atomic E-state index is 8.89. The van der Waals surface area contributed by atoms with E-state index in [1.54, 1.807) is 0 Å². The van der Waals surface area contributed by atoms with Gasteiger partial charge in [0.15, 0.2) is 0 Å². The molecule has 2 nitrogen and oxygen atoms in total. The third-order valence-electron chi connectivity index (χ3n) is 1.75. The predicted molar refractivity (Wildman–Crippen MR) is 60.4 cm³/mol. The molecule has 0 aliphatic rings. The van der Waals surface area contributed by atoms with Gasteiger partial charge in [0.05, 0.1) is 11.1 Å². The number of allylic oxidation sites excluding steroid dienone is 1. The van der Waals surface area contributed by atoms with Crippen molar-refractivity contribution < 1.29 is 9.84 Å². The van der Waals surface area contributed by atoms with E-state index in [2.05, 4.69) is 15.9 Å². The summed E-state index contributed by atoms with van der Waals surface area (Å²) in [4.78, 5) is 0. The highest BCUT2D eigenvalue weighted by Gasteiger charge is 2.00. The normalized spacial score (nSPS) is 10.8. The number of ether oxygens (including phenoxy) is 1. The van der Waals surface area contributed by atoms with Crippen LogP contribution in [0, 0.1) is 0 Å². The van der Waals surface area contributed by atoms with Crippen LogP contribution in [0.1, 0.15) is 12.5 Å². The highest BCUT2D eigenvalue weighted by atomic mass is 79.9. The summed E-state index contributed by atoms with van der Waals surface area (Å²) in [6, 6.07) is 5.54. The molecular weight excluding hydrogens is 244 g/mol. The van der Waals surface area contributed by atoms with Gasteiger partial charge in [0.25, 0.3) is 0 Å². The molecule has 76 valence electrons. The molecule has 1 rings (SSSR count). The van der Waals surface area contributed by atoms with Crippen molar-refractivity contribution in [3.63, 3.8) is 0 Å². The van der Waals surface area contributed by atoms with E-state index >= 15 is 0 Å². The minimum Gasteiger partial charge on any atom is -0.488 e. The summed E-state index contributed by atoms with van der Waals surface area (Å²) in [7, 11) is 0. The SMILES string of the molecule is CC=CCOc1ccc(CO)cc1Br. The first-order chi connectivity index (χ1) is 6.77. The van der Waals surface area contributed by atoms with Gasteiger partial charge in [-0.05, 0) is 40.5 Å². The Hall–Kier alpha value is -0.800. The fourth-order valence-corrected chi connectivity index (χ4v) is 1.53. The number of aliphatic hydroxyl groups is 1. The van der Waals surface area contributed by atoms with Crippen LogP contribution in [0.25, 0.3) is 0 Å². The number of rotatable bonds is 4. The summed E-state index contributed by atoms with van der Waals surface area (Å²) in [5, 5.41) is 8.89. The van der Waals surface area contributed by atoms with Gasteiger partial charge in [0.2, 0.25) is 0 Å². The second-order valence-corrected chi connectivity index (χ2v) is 3.66. The molecule has 1 aromatic rings. The summed E-state index contributed by atoms with van der Waals surface area (Å²) >= 11 is 3.38. The molecule has 0 amide bonds. The second kappa shape index (κ2) is 5.83. The van der Waals surface area contributed by atoms with Gasteiger partial charge in [-0.1, -0.05) is 18.2 Å². The highest BCUT2D eigenvalue weighted by Crippen LogP contribution is 2.25. The van der Waals surface area contributed by atoms with Crippen LogP contribution in [0.4, 0.5) is 0 Å². The van der Waals surface area contributed by atoms with Crippen molar-refractivity contribution in [1.82, 2.24) is 0 Å². The van der Waals surface area contributed by atoms with E-state index in [0.29, 0.717) is 6.61 Å². The van der Waals surface area contributed by atoms with Crippen molar-refractivity contribution >= 4 is 15.9 Å². The van der Waals surface area contributed by atoms with Crippen LogP contribution < -0.4 is 4.74 Å². The van der Waals surface area contributed by atoms with Gasteiger partial charge < -0.3 is 9.84 Å². The first-order valence-corrected chi connectivity index (χ1v) is 5.20. The number of halogens is 1. The zero-order chi connectivity index (χ0) is 10.4. The smallest absolute Gasteiger partial charge is 0.133 e. The molecule has 0 aromatic heterocycles. The van der Waals surface area contributed by atoms with Crippen molar-refractivity contribution in [2.75, 3.05) is 6.61 Å². The van der Waals surface area contributed by atoms with Crippen LogP contribution in [0.3, 0.4) is 0 Å². The Labute approximate surface area is 92.3 Å². The Balaban J connectivity index is 2.68. The Morgan fingerprint density at radius 3 is 2.86 bits per heavy atom. The summed E-state index contributed by atoms with van der Waals surface area (Å²) in [5.41, 5.74) is 0.871. The van der Waals surface area contributed by atoms with E-state index in [4.69, 9.17) is 9.84 Å². The van der Waals surface area contributed by atoms with E-state index < -0.39 is 0 Å². The first-order valence-electron chi connectivity index (χ1n) is 4.41. The van der Waals surface area contributed by atoms with Crippen LogP contribution in [-0.2, 0) is 6.61 Å². The van der Waals surface area contributed by atoms with Crippen molar-refractivity contribution in [3.8, 4) is 5.75 Å². The summed E-state index contributed by atoms with van der Waals surface area (Å²) in [6.07, 6.45) is 3.88. The molecule has 1 N–H and O–H groups in total. The molecule has 0 bridgehead atoms. The monoisotopic (exact) mass is 256 g/mol. The molecule has 0 radical (unpaired) electrons. The predicted octanol–water partition coefficient (Wildman–Crippen LogP) is 2.90. The lowest BCUT2D eigenvalue weighted by Gasteiger charge is -2.06. The quantitative estimate of drug-likeness (QED) is 0.840. The maximum Gasteiger partial charge on any atom is 0.133 e. The molecule has 0 unspecified atom stereocenters. The molecule has 0 heterocycles. The molecule has 3 heteroatoms. The third kappa shape index (κ3) is 3.16. The molecule has 1 aromatic carbocycles. The molecular formula is C11H13BrO2. The van der Waals surface area contributed by atoms with Crippen molar-refractivity contribution in [2.24, 2.45) is 0 Å². The lowest BCUT2D eigenvalue weighted by molar-refractivity contribution is 0.281. The van der Waals surface area contributed by atoms with Gasteiger partial charge in [0, 0.05) is 0 Å². The fraction of sp³-hybridized carbons (Fsp3) is 0.273. The molecule has 0 spiro atoms. The lowest BCUT2D eigenvalue weighted by atomic mass is 10.2. The number of benzene rings is 1. The van der Waals surface area contributed by atoms with Gasteiger partial charge in [-0.2, -0.15) is 0 Å².